The van der Waals surface area contributed by atoms with Crippen LogP contribution in [0.15, 0.2) is 64.5 Å². The quantitative estimate of drug-likeness (QED) is 0.627. The third kappa shape index (κ3) is 4.74. The minimum absolute atomic E-state index is 0.362. The van der Waals surface area contributed by atoms with Crippen molar-refractivity contribution in [3.05, 3.63) is 70.0 Å². The van der Waals surface area contributed by atoms with Gasteiger partial charge >= 0.3 is 5.97 Å². The summed E-state index contributed by atoms with van der Waals surface area (Å²) in [6.07, 6.45) is 0. The summed E-state index contributed by atoms with van der Waals surface area (Å²) in [5, 5.41) is 4.94. The van der Waals surface area contributed by atoms with Crippen molar-refractivity contribution >= 4 is 44.3 Å². The lowest BCUT2D eigenvalue weighted by Gasteiger charge is -2.04. The first-order valence-corrected chi connectivity index (χ1v) is 9.02. The van der Waals surface area contributed by atoms with Gasteiger partial charge in [-0.15, -0.1) is 11.3 Å². The van der Waals surface area contributed by atoms with Crippen molar-refractivity contribution in [3.63, 3.8) is 0 Å². The fourth-order valence-corrected chi connectivity index (χ4v) is 3.19. The van der Waals surface area contributed by atoms with Crippen LogP contribution in [0.25, 0.3) is 11.3 Å². The zero-order chi connectivity index (χ0) is 17.6. The van der Waals surface area contributed by atoms with E-state index in [4.69, 9.17) is 4.74 Å². The van der Waals surface area contributed by atoms with Crippen LogP contribution in [-0.2, 0) is 9.53 Å². The van der Waals surface area contributed by atoms with Crippen molar-refractivity contribution in [3.8, 4) is 11.3 Å². The van der Waals surface area contributed by atoms with E-state index in [0.717, 1.165) is 15.7 Å². The summed E-state index contributed by atoms with van der Waals surface area (Å²) in [4.78, 5) is 28.1. The number of carbonyl (C=O) groups excluding carboxylic acids is 2. The van der Waals surface area contributed by atoms with Crippen molar-refractivity contribution in [1.82, 2.24) is 4.98 Å². The van der Waals surface area contributed by atoms with E-state index < -0.39 is 11.9 Å². The predicted octanol–water partition coefficient (Wildman–Crippen LogP) is 4.37. The number of hydrogen-bond acceptors (Lipinski definition) is 5. The van der Waals surface area contributed by atoms with Gasteiger partial charge in [-0.05, 0) is 24.3 Å². The average molecular weight is 417 g/mol. The number of esters is 1. The van der Waals surface area contributed by atoms with Gasteiger partial charge in [0.15, 0.2) is 11.7 Å². The van der Waals surface area contributed by atoms with Crippen LogP contribution in [0.2, 0.25) is 0 Å². The molecule has 1 heterocycles. The van der Waals surface area contributed by atoms with Crippen molar-refractivity contribution in [2.45, 2.75) is 0 Å². The lowest BCUT2D eigenvalue weighted by Crippen LogP contribution is -2.20. The number of nitrogens with zero attached hydrogens (tertiary/aromatic N) is 1. The molecule has 3 rings (SSSR count). The SMILES string of the molecule is O=C(COC(=O)c1ccccc1)Nc1nc(-c2cccc(Br)c2)cs1. The van der Waals surface area contributed by atoms with Crippen LogP contribution in [0, 0.1) is 0 Å². The molecule has 0 aliphatic carbocycles. The molecule has 7 heteroatoms. The Morgan fingerprint density at radius 2 is 1.92 bits per heavy atom. The van der Waals surface area contributed by atoms with E-state index in [-0.39, 0.29) is 6.61 Å². The number of amides is 1. The van der Waals surface area contributed by atoms with Crippen molar-refractivity contribution in [1.29, 1.82) is 0 Å². The van der Waals surface area contributed by atoms with Crippen LogP contribution < -0.4 is 5.32 Å². The van der Waals surface area contributed by atoms with Crippen LogP contribution in [0.1, 0.15) is 10.4 Å². The third-order valence-corrected chi connectivity index (χ3v) is 4.47. The number of halogens is 1. The number of ether oxygens (including phenoxy) is 1. The fraction of sp³-hybridized carbons (Fsp3) is 0.0556. The normalized spacial score (nSPS) is 10.3. The molecule has 126 valence electrons. The molecule has 1 amide bonds. The fourth-order valence-electron chi connectivity index (χ4n) is 2.06. The zero-order valence-electron chi connectivity index (χ0n) is 12.9. The van der Waals surface area contributed by atoms with Crippen LogP contribution in [0.4, 0.5) is 5.13 Å². The smallest absolute Gasteiger partial charge is 0.338 e. The molecule has 0 spiro atoms. The van der Waals surface area contributed by atoms with Gasteiger partial charge < -0.3 is 4.74 Å². The Labute approximate surface area is 156 Å². The molecule has 0 bridgehead atoms. The van der Waals surface area contributed by atoms with Gasteiger partial charge in [0.2, 0.25) is 0 Å². The lowest BCUT2D eigenvalue weighted by molar-refractivity contribution is -0.119. The first-order chi connectivity index (χ1) is 12.1. The Kier molecular flexibility index (Phi) is 5.57. The average Bonchev–Trinajstić information content (AvgIpc) is 3.09. The van der Waals surface area contributed by atoms with Crippen LogP contribution in [0.3, 0.4) is 0 Å². The van der Waals surface area contributed by atoms with E-state index in [9.17, 15) is 9.59 Å². The maximum atomic E-state index is 11.9. The minimum atomic E-state index is -0.537. The molecule has 1 N–H and O–H groups in total. The van der Waals surface area contributed by atoms with Crippen molar-refractivity contribution < 1.29 is 14.3 Å². The Morgan fingerprint density at radius 3 is 2.68 bits per heavy atom. The van der Waals surface area contributed by atoms with Gasteiger partial charge in [-0.1, -0.05) is 46.3 Å². The van der Waals surface area contributed by atoms with E-state index >= 15 is 0 Å². The van der Waals surface area contributed by atoms with Crippen LogP contribution in [0.5, 0.6) is 0 Å². The van der Waals surface area contributed by atoms with E-state index in [1.165, 1.54) is 11.3 Å². The molecule has 0 aliphatic heterocycles. The first-order valence-electron chi connectivity index (χ1n) is 7.35. The predicted molar refractivity (Wildman–Crippen MR) is 101 cm³/mol. The van der Waals surface area contributed by atoms with Gasteiger partial charge in [0.25, 0.3) is 5.91 Å². The summed E-state index contributed by atoms with van der Waals surface area (Å²) in [5.41, 5.74) is 2.12. The van der Waals surface area contributed by atoms with E-state index in [0.29, 0.717) is 10.7 Å². The molecule has 0 saturated heterocycles. The summed E-state index contributed by atoms with van der Waals surface area (Å²) >= 11 is 4.73. The molecule has 2 aromatic carbocycles. The number of nitrogens with one attached hydrogen (secondary N) is 1. The Hall–Kier alpha value is -2.51. The summed E-state index contributed by atoms with van der Waals surface area (Å²) in [6.45, 7) is -0.362. The van der Waals surface area contributed by atoms with Gasteiger partial charge in [-0.25, -0.2) is 9.78 Å². The zero-order valence-corrected chi connectivity index (χ0v) is 15.3. The third-order valence-electron chi connectivity index (χ3n) is 3.21. The topological polar surface area (TPSA) is 68.3 Å². The molecule has 25 heavy (non-hydrogen) atoms. The Balaban J connectivity index is 1.56. The molecular formula is C18H13BrN2O3S. The van der Waals surface area contributed by atoms with Gasteiger partial charge in [-0.2, -0.15) is 0 Å². The van der Waals surface area contributed by atoms with Gasteiger partial charge in [0, 0.05) is 15.4 Å². The molecule has 0 radical (unpaired) electrons. The monoisotopic (exact) mass is 416 g/mol. The molecule has 5 nitrogen and oxygen atoms in total. The molecule has 3 aromatic rings. The molecule has 0 saturated carbocycles. The first kappa shape index (κ1) is 17.3. The maximum Gasteiger partial charge on any atom is 0.338 e. The highest BCUT2D eigenvalue weighted by molar-refractivity contribution is 9.10. The highest BCUT2D eigenvalue weighted by Crippen LogP contribution is 2.26. The molecule has 0 atom stereocenters. The van der Waals surface area contributed by atoms with E-state index in [1.54, 1.807) is 30.3 Å². The Bertz CT molecular complexity index is 896. The Morgan fingerprint density at radius 1 is 1.12 bits per heavy atom. The second-order valence-corrected chi connectivity index (χ2v) is 6.81. The van der Waals surface area contributed by atoms with E-state index in [2.05, 4.69) is 26.2 Å². The summed E-state index contributed by atoms with van der Waals surface area (Å²) < 4.78 is 5.94. The summed E-state index contributed by atoms with van der Waals surface area (Å²) in [7, 11) is 0. The van der Waals surface area contributed by atoms with Crippen LogP contribution in [-0.4, -0.2) is 23.5 Å². The molecular weight excluding hydrogens is 404 g/mol. The summed E-state index contributed by atoms with van der Waals surface area (Å²) in [5.74, 6) is -0.968. The maximum absolute atomic E-state index is 11.9. The number of hydrogen-bond donors (Lipinski definition) is 1. The van der Waals surface area contributed by atoms with Gasteiger partial charge in [0.05, 0.1) is 11.3 Å². The molecule has 0 aliphatic rings. The lowest BCUT2D eigenvalue weighted by atomic mass is 10.2. The highest BCUT2D eigenvalue weighted by Gasteiger charge is 2.12. The molecule has 1 aromatic heterocycles. The largest absolute Gasteiger partial charge is 0.452 e. The second-order valence-electron chi connectivity index (χ2n) is 5.04. The van der Waals surface area contributed by atoms with E-state index in [1.807, 2.05) is 29.6 Å². The summed E-state index contributed by atoms with van der Waals surface area (Å²) in [6, 6.07) is 16.3. The second kappa shape index (κ2) is 8.04. The number of aromatic nitrogens is 1. The minimum Gasteiger partial charge on any atom is -0.452 e. The van der Waals surface area contributed by atoms with Crippen molar-refractivity contribution in [2.75, 3.05) is 11.9 Å². The number of carbonyl (C=O) groups is 2. The molecule has 0 unspecified atom stereocenters. The number of anilines is 1. The van der Waals surface area contributed by atoms with Gasteiger partial charge in [0.1, 0.15) is 0 Å². The number of benzene rings is 2. The number of thiazole rings is 1. The van der Waals surface area contributed by atoms with Crippen LogP contribution >= 0.6 is 27.3 Å². The standard InChI is InChI=1S/C18H13BrN2O3S/c19-14-8-4-7-13(9-14)15-11-25-18(20-15)21-16(22)10-24-17(23)12-5-2-1-3-6-12/h1-9,11H,10H2,(H,20,21,22). The molecule has 0 fully saturated rings. The highest BCUT2D eigenvalue weighted by atomic mass is 79.9. The van der Waals surface area contributed by atoms with Crippen molar-refractivity contribution in [2.24, 2.45) is 0 Å². The number of rotatable bonds is 5. The van der Waals surface area contributed by atoms with Gasteiger partial charge in [-0.3, -0.25) is 10.1 Å².